The Balaban J connectivity index is 1.90. The van der Waals surface area contributed by atoms with Gasteiger partial charge >= 0.3 is 0 Å². The van der Waals surface area contributed by atoms with Gasteiger partial charge < -0.3 is 15.6 Å². The molecule has 20 heavy (non-hydrogen) atoms. The Bertz CT molecular complexity index is 598. The number of aliphatic imine (C=N–C) groups is 1. The van der Waals surface area contributed by atoms with E-state index in [0.717, 1.165) is 5.69 Å². The number of hydrogen-bond acceptors (Lipinski definition) is 4. The quantitative estimate of drug-likeness (QED) is 0.656. The van der Waals surface area contributed by atoms with Gasteiger partial charge in [-0.2, -0.15) is 4.98 Å². The molecule has 1 aromatic heterocycles. The molecule has 1 aromatic carbocycles. The second-order valence-corrected chi connectivity index (χ2v) is 4.75. The van der Waals surface area contributed by atoms with Crippen LogP contribution in [0.4, 0.5) is 5.69 Å². The molecule has 2 rings (SSSR count). The van der Waals surface area contributed by atoms with Crippen LogP contribution in [-0.2, 0) is 6.42 Å². The molecule has 0 bridgehead atoms. The highest BCUT2D eigenvalue weighted by Crippen LogP contribution is 2.13. The van der Waals surface area contributed by atoms with Gasteiger partial charge in [0.25, 0.3) is 0 Å². The third-order valence-electron chi connectivity index (χ3n) is 2.67. The van der Waals surface area contributed by atoms with Crippen LogP contribution in [0.5, 0.6) is 0 Å². The number of aromatic nitrogens is 2. The fourth-order valence-corrected chi connectivity index (χ4v) is 1.95. The number of benzene rings is 1. The molecule has 0 saturated heterocycles. The predicted molar refractivity (Wildman–Crippen MR) is 78.8 cm³/mol. The first-order valence-corrected chi connectivity index (χ1v) is 6.47. The Morgan fingerprint density at radius 2 is 1.95 bits per heavy atom. The molecule has 0 aliphatic heterocycles. The molecular weight excluding hydrogens is 254 g/mol. The van der Waals surface area contributed by atoms with Gasteiger partial charge in [0.2, 0.25) is 5.89 Å². The lowest BCUT2D eigenvalue weighted by Gasteiger charge is -2.07. The monoisotopic (exact) mass is 273 g/mol. The lowest BCUT2D eigenvalue weighted by Crippen LogP contribution is -2.23. The zero-order valence-corrected chi connectivity index (χ0v) is 12.0. The van der Waals surface area contributed by atoms with Crippen LogP contribution >= 0.6 is 0 Å². The largest absolute Gasteiger partial charge is 0.370 e. The van der Waals surface area contributed by atoms with Crippen molar-refractivity contribution >= 4 is 11.6 Å². The van der Waals surface area contributed by atoms with Crippen molar-refractivity contribution in [1.29, 1.82) is 0 Å². The maximum atomic E-state index is 5.85. The van der Waals surface area contributed by atoms with Crippen LogP contribution in [0, 0.1) is 20.8 Å². The van der Waals surface area contributed by atoms with Gasteiger partial charge in [-0.15, -0.1) is 0 Å². The number of nitrogens with zero attached hydrogens (tertiary/aromatic N) is 3. The van der Waals surface area contributed by atoms with E-state index in [4.69, 9.17) is 10.3 Å². The van der Waals surface area contributed by atoms with Crippen LogP contribution in [0.3, 0.4) is 0 Å². The van der Waals surface area contributed by atoms with Gasteiger partial charge in [-0.3, -0.25) is 4.99 Å². The van der Waals surface area contributed by atoms with Crippen molar-refractivity contribution in [3.8, 4) is 0 Å². The topological polar surface area (TPSA) is 89.3 Å². The van der Waals surface area contributed by atoms with Gasteiger partial charge in [0.1, 0.15) is 0 Å². The number of hydrogen-bond donors (Lipinski definition) is 2. The molecule has 3 N–H and O–H groups in total. The summed E-state index contributed by atoms with van der Waals surface area (Å²) < 4.78 is 5.00. The highest BCUT2D eigenvalue weighted by molar-refractivity contribution is 5.92. The summed E-state index contributed by atoms with van der Waals surface area (Å²) >= 11 is 0. The Morgan fingerprint density at radius 1 is 1.25 bits per heavy atom. The normalized spacial score (nSPS) is 11.7. The Morgan fingerprint density at radius 3 is 2.55 bits per heavy atom. The van der Waals surface area contributed by atoms with Crippen LogP contribution in [-0.4, -0.2) is 22.6 Å². The van der Waals surface area contributed by atoms with E-state index in [1.807, 2.05) is 26.0 Å². The van der Waals surface area contributed by atoms with Crippen LogP contribution in [0.15, 0.2) is 27.7 Å². The molecule has 0 radical (unpaired) electrons. The van der Waals surface area contributed by atoms with E-state index in [1.165, 1.54) is 11.1 Å². The lowest BCUT2D eigenvalue weighted by molar-refractivity contribution is 0.376. The highest BCUT2D eigenvalue weighted by atomic mass is 16.5. The first-order chi connectivity index (χ1) is 9.52. The third-order valence-corrected chi connectivity index (χ3v) is 2.67. The number of guanidine groups is 1. The van der Waals surface area contributed by atoms with Gasteiger partial charge in [-0.05, 0) is 44.0 Å². The molecule has 0 spiro atoms. The number of nitrogens with one attached hydrogen (secondary N) is 1. The van der Waals surface area contributed by atoms with E-state index in [1.54, 1.807) is 6.92 Å². The van der Waals surface area contributed by atoms with E-state index >= 15 is 0 Å². The van der Waals surface area contributed by atoms with Gasteiger partial charge in [0.15, 0.2) is 11.8 Å². The molecule has 0 unspecified atom stereocenters. The second kappa shape index (κ2) is 6.18. The summed E-state index contributed by atoms with van der Waals surface area (Å²) in [6, 6.07) is 6.16. The molecule has 0 aliphatic rings. The van der Waals surface area contributed by atoms with E-state index in [-0.39, 0.29) is 0 Å². The van der Waals surface area contributed by atoms with Crippen molar-refractivity contribution < 1.29 is 4.52 Å². The second-order valence-electron chi connectivity index (χ2n) is 4.75. The Kier molecular flexibility index (Phi) is 4.34. The van der Waals surface area contributed by atoms with Gasteiger partial charge in [0, 0.05) is 12.1 Å². The molecule has 6 heteroatoms. The van der Waals surface area contributed by atoms with Gasteiger partial charge in [-0.25, -0.2) is 0 Å². The van der Waals surface area contributed by atoms with Gasteiger partial charge in [0.05, 0.1) is 6.54 Å². The molecule has 1 heterocycles. The number of anilines is 1. The summed E-state index contributed by atoms with van der Waals surface area (Å²) in [5.41, 5.74) is 9.15. The molecule has 106 valence electrons. The first-order valence-electron chi connectivity index (χ1n) is 6.47. The van der Waals surface area contributed by atoms with Crippen LogP contribution < -0.4 is 11.1 Å². The average molecular weight is 273 g/mol. The standard InChI is InChI=1S/C14H19N5O/c1-9-6-10(2)8-12(7-9)18-14(15)16-5-4-13-17-11(3)19-20-13/h6-8H,4-5H2,1-3H3,(H3,15,16,18). The van der Waals surface area contributed by atoms with Crippen LogP contribution in [0.25, 0.3) is 0 Å². The predicted octanol–water partition coefficient (Wildman–Crippen LogP) is 1.96. The molecule has 0 fully saturated rings. The van der Waals surface area contributed by atoms with Crippen LogP contribution in [0.1, 0.15) is 22.8 Å². The molecule has 0 atom stereocenters. The van der Waals surface area contributed by atoms with E-state index in [9.17, 15) is 0 Å². The lowest BCUT2D eigenvalue weighted by atomic mass is 10.1. The molecular formula is C14H19N5O. The highest BCUT2D eigenvalue weighted by Gasteiger charge is 2.02. The Labute approximate surface area is 118 Å². The summed E-state index contributed by atoms with van der Waals surface area (Å²) in [6.45, 7) is 6.38. The minimum atomic E-state index is 0.381. The van der Waals surface area contributed by atoms with Gasteiger partial charge in [-0.1, -0.05) is 11.2 Å². The molecule has 0 aliphatic carbocycles. The maximum Gasteiger partial charge on any atom is 0.228 e. The van der Waals surface area contributed by atoms with Crippen molar-refractivity contribution in [3.63, 3.8) is 0 Å². The number of aryl methyl sites for hydroxylation is 3. The average Bonchev–Trinajstić information content (AvgIpc) is 2.73. The summed E-state index contributed by atoms with van der Waals surface area (Å²) in [5.74, 6) is 1.59. The van der Waals surface area contributed by atoms with E-state index in [0.29, 0.717) is 30.6 Å². The van der Waals surface area contributed by atoms with Crippen LogP contribution in [0.2, 0.25) is 0 Å². The fourth-order valence-electron chi connectivity index (χ4n) is 1.95. The van der Waals surface area contributed by atoms with Crippen molar-refractivity contribution in [3.05, 3.63) is 41.0 Å². The summed E-state index contributed by atoms with van der Waals surface area (Å²) in [6.07, 6.45) is 0.579. The first kappa shape index (κ1) is 14.0. The minimum Gasteiger partial charge on any atom is -0.370 e. The fraction of sp³-hybridized carbons (Fsp3) is 0.357. The minimum absolute atomic E-state index is 0.381. The maximum absolute atomic E-state index is 5.85. The molecule has 0 amide bonds. The zero-order chi connectivity index (χ0) is 14.5. The summed E-state index contributed by atoms with van der Waals surface area (Å²) in [7, 11) is 0. The van der Waals surface area contributed by atoms with E-state index < -0.39 is 0 Å². The molecule has 2 aromatic rings. The Hall–Kier alpha value is -2.37. The van der Waals surface area contributed by atoms with E-state index in [2.05, 4.69) is 26.5 Å². The van der Waals surface area contributed by atoms with Crippen molar-refractivity contribution in [2.45, 2.75) is 27.2 Å². The SMILES string of the molecule is Cc1cc(C)cc(NC(N)=NCCc2nc(C)no2)c1. The zero-order valence-electron chi connectivity index (χ0n) is 12.0. The summed E-state index contributed by atoms with van der Waals surface area (Å²) in [5, 5.41) is 6.80. The molecule has 0 saturated carbocycles. The third kappa shape index (κ3) is 4.08. The molecule has 6 nitrogen and oxygen atoms in total. The number of nitrogens with two attached hydrogens (primary N) is 1. The van der Waals surface area contributed by atoms with Crippen molar-refractivity contribution in [1.82, 2.24) is 10.1 Å². The smallest absolute Gasteiger partial charge is 0.228 e. The summed E-state index contributed by atoms with van der Waals surface area (Å²) in [4.78, 5) is 8.35. The number of rotatable bonds is 4. The van der Waals surface area contributed by atoms with Crippen molar-refractivity contribution in [2.75, 3.05) is 11.9 Å². The van der Waals surface area contributed by atoms with Crippen molar-refractivity contribution in [2.24, 2.45) is 10.7 Å².